The maximum absolute atomic E-state index is 12.9. The van der Waals surface area contributed by atoms with E-state index in [9.17, 15) is 4.79 Å². The van der Waals surface area contributed by atoms with Crippen molar-refractivity contribution in [1.82, 2.24) is 14.5 Å². The van der Waals surface area contributed by atoms with Crippen molar-refractivity contribution in [3.8, 4) is 0 Å². The van der Waals surface area contributed by atoms with Gasteiger partial charge >= 0.3 is 0 Å². The molecule has 1 heterocycles. The molecular formula is C14H22BrN3OS. The number of carbonyl (C=O) groups is 1. The van der Waals surface area contributed by atoms with Gasteiger partial charge in [0.25, 0.3) is 5.91 Å². The maximum Gasteiger partial charge on any atom is 0.267 e. The molecule has 1 fully saturated rings. The average molecular weight is 360 g/mol. The summed E-state index contributed by atoms with van der Waals surface area (Å²) in [6.45, 7) is 7.04. The predicted molar refractivity (Wildman–Crippen MR) is 85.7 cm³/mol. The number of aromatic nitrogens is 2. The van der Waals surface area contributed by atoms with Crippen LogP contribution in [0.25, 0.3) is 0 Å². The molecule has 0 saturated heterocycles. The molecule has 2 rings (SSSR count). The maximum atomic E-state index is 12.9. The van der Waals surface area contributed by atoms with Crippen LogP contribution in [0, 0.1) is 0 Å². The average Bonchev–Trinajstić information content (AvgIpc) is 2.79. The third-order valence-corrected chi connectivity index (χ3v) is 4.98. The highest BCUT2D eigenvalue weighted by molar-refractivity contribution is 9.09. The van der Waals surface area contributed by atoms with Crippen molar-refractivity contribution in [2.45, 2.75) is 57.9 Å². The van der Waals surface area contributed by atoms with Crippen LogP contribution in [0.1, 0.15) is 61.8 Å². The fourth-order valence-electron chi connectivity index (χ4n) is 2.33. The van der Waals surface area contributed by atoms with Crippen molar-refractivity contribution >= 4 is 33.4 Å². The number of amides is 1. The number of nitrogens with zero attached hydrogens (tertiary/aromatic N) is 3. The molecule has 20 heavy (non-hydrogen) atoms. The van der Waals surface area contributed by atoms with Gasteiger partial charge in [0.2, 0.25) is 0 Å². The zero-order valence-corrected chi connectivity index (χ0v) is 14.8. The van der Waals surface area contributed by atoms with E-state index in [2.05, 4.69) is 46.3 Å². The second-order valence-electron chi connectivity index (χ2n) is 6.33. The first-order valence-corrected chi connectivity index (χ1v) is 9.04. The monoisotopic (exact) mass is 359 g/mol. The predicted octanol–water partition coefficient (Wildman–Crippen LogP) is 3.62. The molecule has 4 nitrogen and oxygen atoms in total. The molecule has 0 radical (unpaired) electrons. The van der Waals surface area contributed by atoms with E-state index in [4.69, 9.17) is 0 Å². The van der Waals surface area contributed by atoms with Gasteiger partial charge in [0, 0.05) is 23.3 Å². The van der Waals surface area contributed by atoms with Gasteiger partial charge in [0.15, 0.2) is 0 Å². The molecule has 0 unspecified atom stereocenters. The Morgan fingerprint density at radius 3 is 2.65 bits per heavy atom. The van der Waals surface area contributed by atoms with Crippen molar-refractivity contribution in [1.29, 1.82) is 0 Å². The molecule has 1 aliphatic carbocycles. The molecule has 0 N–H and O–H groups in total. The van der Waals surface area contributed by atoms with Crippen LogP contribution in [0.3, 0.4) is 0 Å². The van der Waals surface area contributed by atoms with Gasteiger partial charge in [0.1, 0.15) is 4.88 Å². The Labute approximate surface area is 133 Å². The molecule has 1 aliphatic rings. The minimum absolute atomic E-state index is 0.121. The first-order chi connectivity index (χ1) is 9.45. The highest BCUT2D eigenvalue weighted by atomic mass is 79.9. The molecule has 112 valence electrons. The minimum Gasteiger partial charge on any atom is -0.335 e. The van der Waals surface area contributed by atoms with Gasteiger partial charge in [0.05, 0.1) is 5.69 Å². The quantitative estimate of drug-likeness (QED) is 0.754. The lowest BCUT2D eigenvalue weighted by molar-refractivity contribution is 0.0583. The largest absolute Gasteiger partial charge is 0.335 e. The van der Waals surface area contributed by atoms with Gasteiger partial charge in [-0.25, -0.2) is 0 Å². The summed E-state index contributed by atoms with van der Waals surface area (Å²) in [4.78, 5) is 15.6. The van der Waals surface area contributed by atoms with Gasteiger partial charge in [-0.15, -0.1) is 5.10 Å². The molecule has 1 saturated carbocycles. The smallest absolute Gasteiger partial charge is 0.267 e. The van der Waals surface area contributed by atoms with E-state index in [1.807, 2.05) is 4.90 Å². The zero-order chi connectivity index (χ0) is 14.8. The summed E-state index contributed by atoms with van der Waals surface area (Å²) in [5.74, 6) is 0.121. The molecule has 0 aliphatic heterocycles. The molecule has 1 aromatic heterocycles. The second kappa shape index (κ2) is 6.52. The van der Waals surface area contributed by atoms with Crippen molar-refractivity contribution in [2.24, 2.45) is 0 Å². The van der Waals surface area contributed by atoms with Crippen LogP contribution in [-0.2, 0) is 5.41 Å². The van der Waals surface area contributed by atoms with Crippen LogP contribution >= 0.6 is 27.5 Å². The Bertz CT molecular complexity index is 465. The number of alkyl halides is 1. The van der Waals surface area contributed by atoms with E-state index in [-0.39, 0.29) is 11.3 Å². The normalized spacial score (nSPS) is 16.0. The molecule has 0 spiro atoms. The lowest BCUT2D eigenvalue weighted by Crippen LogP contribution is -2.45. The van der Waals surface area contributed by atoms with E-state index >= 15 is 0 Å². The Hall–Kier alpha value is -0.490. The first-order valence-electron chi connectivity index (χ1n) is 7.15. The lowest BCUT2D eigenvalue weighted by atomic mass is 9.89. The fraction of sp³-hybridized carbons (Fsp3) is 0.786. The van der Waals surface area contributed by atoms with Crippen molar-refractivity contribution in [2.75, 3.05) is 11.9 Å². The minimum atomic E-state index is -0.140. The molecular weight excluding hydrogens is 338 g/mol. The standard InChI is InChI=1S/C14H22BrN3OS/c1-14(2,3)12-11(20-17-16-12)13(19)18(9-5-8-15)10-6-4-7-10/h10H,4-9H2,1-3H3. The summed E-state index contributed by atoms with van der Waals surface area (Å²) in [6.07, 6.45) is 4.48. The Kier molecular flexibility index (Phi) is 5.18. The van der Waals surface area contributed by atoms with Gasteiger partial charge in [-0.3, -0.25) is 4.79 Å². The van der Waals surface area contributed by atoms with E-state index < -0.39 is 0 Å². The van der Waals surface area contributed by atoms with Gasteiger partial charge < -0.3 is 4.90 Å². The van der Waals surface area contributed by atoms with Crippen LogP contribution in [0.15, 0.2) is 0 Å². The second-order valence-corrected chi connectivity index (χ2v) is 7.87. The van der Waals surface area contributed by atoms with Crippen LogP contribution in [-0.4, -0.2) is 38.3 Å². The van der Waals surface area contributed by atoms with Crippen LogP contribution < -0.4 is 0 Å². The molecule has 0 bridgehead atoms. The lowest BCUT2D eigenvalue weighted by Gasteiger charge is -2.37. The summed E-state index contributed by atoms with van der Waals surface area (Å²) in [7, 11) is 0. The highest BCUT2D eigenvalue weighted by Gasteiger charge is 2.33. The molecule has 1 amide bonds. The van der Waals surface area contributed by atoms with E-state index in [0.29, 0.717) is 6.04 Å². The SMILES string of the molecule is CC(C)(C)c1nnsc1C(=O)N(CCCBr)C1CCC1. The topological polar surface area (TPSA) is 46.1 Å². The fourth-order valence-corrected chi connectivity index (χ4v) is 3.41. The van der Waals surface area contributed by atoms with E-state index in [1.165, 1.54) is 18.0 Å². The third-order valence-electron chi connectivity index (χ3n) is 3.70. The number of hydrogen-bond donors (Lipinski definition) is 0. The van der Waals surface area contributed by atoms with Crippen LogP contribution in [0.2, 0.25) is 0 Å². The summed E-state index contributed by atoms with van der Waals surface area (Å²) in [5, 5.41) is 5.11. The Morgan fingerprint density at radius 2 is 2.15 bits per heavy atom. The Balaban J connectivity index is 2.21. The summed E-state index contributed by atoms with van der Waals surface area (Å²) >= 11 is 4.69. The van der Waals surface area contributed by atoms with Gasteiger partial charge in [-0.2, -0.15) is 0 Å². The molecule has 6 heteroatoms. The van der Waals surface area contributed by atoms with Crippen LogP contribution in [0.5, 0.6) is 0 Å². The molecule has 0 atom stereocenters. The molecule has 0 aromatic carbocycles. The number of carbonyl (C=O) groups excluding carboxylic acids is 1. The zero-order valence-electron chi connectivity index (χ0n) is 12.4. The molecule has 1 aromatic rings. The van der Waals surface area contributed by atoms with Gasteiger partial charge in [-0.1, -0.05) is 41.2 Å². The van der Waals surface area contributed by atoms with Crippen LogP contribution in [0.4, 0.5) is 0 Å². The number of halogens is 1. The van der Waals surface area contributed by atoms with E-state index in [0.717, 1.165) is 41.7 Å². The van der Waals surface area contributed by atoms with Crippen molar-refractivity contribution in [3.05, 3.63) is 10.6 Å². The third kappa shape index (κ3) is 3.39. The van der Waals surface area contributed by atoms with Crippen molar-refractivity contribution in [3.63, 3.8) is 0 Å². The highest BCUT2D eigenvalue weighted by Crippen LogP contribution is 2.31. The summed E-state index contributed by atoms with van der Waals surface area (Å²) in [6, 6.07) is 0.413. The summed E-state index contributed by atoms with van der Waals surface area (Å²) < 4.78 is 4.01. The van der Waals surface area contributed by atoms with E-state index in [1.54, 1.807) is 0 Å². The number of hydrogen-bond acceptors (Lipinski definition) is 4. The summed E-state index contributed by atoms with van der Waals surface area (Å²) in [5.41, 5.74) is 0.689. The first kappa shape index (κ1) is 15.9. The number of rotatable bonds is 5. The Morgan fingerprint density at radius 1 is 1.45 bits per heavy atom. The van der Waals surface area contributed by atoms with Crippen molar-refractivity contribution < 1.29 is 4.79 Å². The van der Waals surface area contributed by atoms with Gasteiger partial charge in [-0.05, 0) is 37.2 Å².